The Hall–Kier alpha value is 0.600. The molecule has 0 aliphatic carbocycles. The minimum absolute atomic E-state index is 0.267. The van der Waals surface area contributed by atoms with Gasteiger partial charge in [0.2, 0.25) is 0 Å². The fraction of sp³-hybridized carbons (Fsp3) is 0.800. The highest BCUT2D eigenvalue weighted by atomic mass is 31.2. The highest BCUT2D eigenvalue weighted by Gasteiger charge is 2.23. The molecule has 0 saturated carbocycles. The van der Waals surface area contributed by atoms with E-state index in [4.69, 9.17) is 0 Å². The summed E-state index contributed by atoms with van der Waals surface area (Å²) in [5.41, 5.74) is 1.87. The Morgan fingerprint density at radius 1 is 1.17 bits per heavy atom. The van der Waals surface area contributed by atoms with E-state index in [1.807, 2.05) is 0 Å². The van der Waals surface area contributed by atoms with E-state index in [1.54, 1.807) is 0 Å². The second-order valence-electron chi connectivity index (χ2n) is 3.82. The summed E-state index contributed by atoms with van der Waals surface area (Å²) in [7, 11) is 0.537. The highest BCUT2D eigenvalue weighted by Crippen LogP contribution is 2.64. The fourth-order valence-corrected chi connectivity index (χ4v) is 8.47. The third kappa shape index (κ3) is 2.54. The van der Waals surface area contributed by atoms with Gasteiger partial charge < -0.3 is 0 Å². The van der Waals surface area contributed by atoms with Crippen molar-refractivity contribution in [2.24, 2.45) is 0 Å². The molecule has 0 N–H and O–H groups in total. The van der Waals surface area contributed by atoms with Crippen molar-refractivity contribution in [3.05, 3.63) is 11.6 Å². The molecule has 1 heterocycles. The van der Waals surface area contributed by atoms with E-state index in [2.05, 4.69) is 39.3 Å². The van der Waals surface area contributed by atoms with Gasteiger partial charge in [-0.25, -0.2) is 0 Å². The Kier molecular flexibility index (Phi) is 4.21. The Balaban J connectivity index is 2.42. The molecule has 0 fully saturated rings. The van der Waals surface area contributed by atoms with Gasteiger partial charge in [-0.3, -0.25) is 0 Å². The minimum atomic E-state index is 0.267. The molecule has 70 valence electrons. The van der Waals surface area contributed by atoms with E-state index in [0.29, 0.717) is 0 Å². The van der Waals surface area contributed by atoms with E-state index in [-0.39, 0.29) is 15.8 Å². The van der Waals surface area contributed by atoms with Crippen LogP contribution in [0.5, 0.6) is 0 Å². The molecule has 0 nitrogen and oxygen atoms in total. The molecule has 2 heteroatoms. The summed E-state index contributed by atoms with van der Waals surface area (Å²) in [5.74, 6) is 6.59. The van der Waals surface area contributed by atoms with Crippen molar-refractivity contribution in [1.82, 2.24) is 0 Å². The lowest BCUT2D eigenvalue weighted by Gasteiger charge is -2.20. The van der Waals surface area contributed by atoms with Gasteiger partial charge in [0.15, 0.2) is 0 Å². The van der Waals surface area contributed by atoms with Crippen LogP contribution in [-0.4, -0.2) is 17.2 Å². The Morgan fingerprint density at radius 3 is 2.17 bits per heavy atom. The van der Waals surface area contributed by atoms with Gasteiger partial charge in [-0.1, -0.05) is 55.2 Å². The molecule has 3 unspecified atom stereocenters. The van der Waals surface area contributed by atoms with Crippen LogP contribution in [0.25, 0.3) is 0 Å². The van der Waals surface area contributed by atoms with E-state index in [1.165, 1.54) is 12.3 Å². The molecular formula is C10H20P2. The summed E-state index contributed by atoms with van der Waals surface area (Å²) < 4.78 is 0. The summed E-state index contributed by atoms with van der Waals surface area (Å²) in [4.78, 5) is 0. The molecule has 3 atom stereocenters. The normalized spacial score (nSPS) is 31.4. The van der Waals surface area contributed by atoms with Crippen molar-refractivity contribution in [2.75, 3.05) is 5.90 Å². The van der Waals surface area contributed by atoms with E-state index < -0.39 is 0 Å². The summed E-state index contributed by atoms with van der Waals surface area (Å²) in [6.45, 7) is 9.46. The second kappa shape index (κ2) is 4.73. The number of hydrogen-bond acceptors (Lipinski definition) is 0. The summed E-state index contributed by atoms with van der Waals surface area (Å²) in [6.07, 6.45) is 1.36. The predicted molar refractivity (Wildman–Crippen MR) is 62.7 cm³/mol. The van der Waals surface area contributed by atoms with Gasteiger partial charge in [0.1, 0.15) is 0 Å². The molecule has 0 spiro atoms. The predicted octanol–water partition coefficient (Wildman–Crippen LogP) is 4.60. The minimum Gasteiger partial charge on any atom is -0.0759 e. The SMILES string of the molecule is CCC(C)P1C=CP(C(C)C)C1. The number of rotatable bonds is 3. The van der Waals surface area contributed by atoms with Crippen molar-refractivity contribution < 1.29 is 0 Å². The van der Waals surface area contributed by atoms with Crippen LogP contribution >= 0.6 is 15.8 Å². The van der Waals surface area contributed by atoms with Gasteiger partial charge in [-0.05, 0) is 23.6 Å². The molecule has 0 radical (unpaired) electrons. The number of hydrogen-bond donors (Lipinski definition) is 0. The van der Waals surface area contributed by atoms with Gasteiger partial charge >= 0.3 is 0 Å². The maximum atomic E-state index is 2.54. The zero-order chi connectivity index (χ0) is 9.14. The third-order valence-corrected chi connectivity index (χ3v) is 9.33. The van der Waals surface area contributed by atoms with E-state index in [9.17, 15) is 0 Å². The molecule has 0 aromatic heterocycles. The molecule has 12 heavy (non-hydrogen) atoms. The first-order chi connectivity index (χ1) is 5.65. The summed E-state index contributed by atoms with van der Waals surface area (Å²) in [5, 5.41) is 0. The average molecular weight is 202 g/mol. The van der Waals surface area contributed by atoms with Crippen molar-refractivity contribution in [3.8, 4) is 0 Å². The third-order valence-electron chi connectivity index (χ3n) is 2.60. The molecule has 0 aromatic rings. The van der Waals surface area contributed by atoms with Crippen LogP contribution in [0.3, 0.4) is 0 Å². The largest absolute Gasteiger partial charge is 0.0759 e. The van der Waals surface area contributed by atoms with Gasteiger partial charge in [0, 0.05) is 0 Å². The first-order valence-corrected chi connectivity index (χ1v) is 8.18. The van der Waals surface area contributed by atoms with Crippen molar-refractivity contribution in [3.63, 3.8) is 0 Å². The Bertz CT molecular complexity index is 163. The smallest absolute Gasteiger partial charge is 0.00465 e. The van der Waals surface area contributed by atoms with Gasteiger partial charge in [-0.2, -0.15) is 0 Å². The molecule has 0 bridgehead atoms. The van der Waals surface area contributed by atoms with Crippen LogP contribution in [0.15, 0.2) is 11.6 Å². The summed E-state index contributed by atoms with van der Waals surface area (Å²) >= 11 is 0. The lowest BCUT2D eigenvalue weighted by Crippen LogP contribution is -1.97. The van der Waals surface area contributed by atoms with Crippen molar-refractivity contribution in [1.29, 1.82) is 0 Å². The zero-order valence-corrected chi connectivity index (χ0v) is 10.4. The summed E-state index contributed by atoms with van der Waals surface area (Å²) in [6, 6.07) is 0. The lowest BCUT2D eigenvalue weighted by atomic mass is 10.4. The molecule has 0 amide bonds. The first kappa shape index (κ1) is 10.7. The second-order valence-corrected chi connectivity index (χ2v) is 9.52. The van der Waals surface area contributed by atoms with Gasteiger partial charge in [0.25, 0.3) is 0 Å². The molecule has 0 saturated heterocycles. The van der Waals surface area contributed by atoms with E-state index in [0.717, 1.165) is 11.3 Å². The Labute approximate surface area is 79.3 Å². The maximum absolute atomic E-state index is 2.54. The van der Waals surface area contributed by atoms with Crippen LogP contribution < -0.4 is 0 Å². The Morgan fingerprint density at radius 2 is 1.75 bits per heavy atom. The molecule has 1 aliphatic rings. The van der Waals surface area contributed by atoms with Gasteiger partial charge in [0.05, 0.1) is 0 Å². The van der Waals surface area contributed by atoms with Crippen LogP contribution in [-0.2, 0) is 0 Å². The highest BCUT2D eigenvalue weighted by molar-refractivity contribution is 7.81. The van der Waals surface area contributed by atoms with Crippen LogP contribution in [0.4, 0.5) is 0 Å². The van der Waals surface area contributed by atoms with Crippen LogP contribution in [0.1, 0.15) is 34.1 Å². The van der Waals surface area contributed by atoms with Crippen LogP contribution in [0, 0.1) is 0 Å². The van der Waals surface area contributed by atoms with Gasteiger partial charge in [-0.15, -0.1) is 0 Å². The first-order valence-electron chi connectivity index (χ1n) is 4.85. The fourth-order valence-electron chi connectivity index (χ4n) is 1.31. The molecule has 0 aromatic carbocycles. The standard InChI is InChI=1S/C10H20P2/c1-5-10(4)12-7-6-11(8-12)9(2)3/h6-7,9-10H,5,8H2,1-4H3. The maximum Gasteiger partial charge on any atom is -0.00465 e. The zero-order valence-electron chi connectivity index (χ0n) is 8.62. The average Bonchev–Trinajstić information content (AvgIpc) is 2.51. The quantitative estimate of drug-likeness (QED) is 0.587. The topological polar surface area (TPSA) is 0 Å². The van der Waals surface area contributed by atoms with Crippen molar-refractivity contribution in [2.45, 2.75) is 45.4 Å². The molecular weight excluding hydrogens is 182 g/mol. The molecule has 1 aliphatic heterocycles. The van der Waals surface area contributed by atoms with Crippen LogP contribution in [0.2, 0.25) is 0 Å². The molecule has 1 rings (SSSR count). The van der Waals surface area contributed by atoms with Crippen molar-refractivity contribution >= 4 is 15.8 Å². The lowest BCUT2D eigenvalue weighted by molar-refractivity contribution is 0.896. The van der Waals surface area contributed by atoms with E-state index >= 15 is 0 Å². The monoisotopic (exact) mass is 202 g/mol.